The molecule has 2 saturated carbocycles. The first-order valence-electron chi connectivity index (χ1n) is 7.15. The number of rotatable bonds is 1. The molecule has 0 aromatic rings. The van der Waals surface area contributed by atoms with Gasteiger partial charge in [0, 0.05) is 0 Å². The van der Waals surface area contributed by atoms with E-state index in [2.05, 4.69) is 6.08 Å². The molecule has 3 aliphatic carbocycles. The normalized spacial score (nSPS) is 37.5. The molecule has 0 radical (unpaired) electrons. The van der Waals surface area contributed by atoms with Crippen molar-refractivity contribution < 1.29 is 0 Å². The van der Waals surface area contributed by atoms with Crippen LogP contribution in [0.4, 0.5) is 0 Å². The second-order valence-corrected chi connectivity index (χ2v) is 5.91. The number of hydrogen-bond donors (Lipinski definition) is 0. The molecular formula is C15H24. The summed E-state index contributed by atoms with van der Waals surface area (Å²) in [5.74, 6) is 3.12. The summed E-state index contributed by atoms with van der Waals surface area (Å²) in [6.45, 7) is 0. The van der Waals surface area contributed by atoms with Crippen LogP contribution in [0.2, 0.25) is 0 Å². The molecule has 84 valence electrons. The molecule has 0 aromatic heterocycles. The van der Waals surface area contributed by atoms with Crippen LogP contribution in [0, 0.1) is 17.8 Å². The summed E-state index contributed by atoms with van der Waals surface area (Å²) < 4.78 is 0. The third-order valence-corrected chi connectivity index (χ3v) is 5.08. The first-order chi connectivity index (χ1) is 7.45. The third-order valence-electron chi connectivity index (χ3n) is 5.08. The number of allylic oxidation sites excluding steroid dienone is 2. The van der Waals surface area contributed by atoms with Crippen LogP contribution in [0.1, 0.15) is 64.2 Å². The van der Waals surface area contributed by atoms with E-state index in [0.29, 0.717) is 0 Å². The van der Waals surface area contributed by atoms with E-state index in [-0.39, 0.29) is 0 Å². The molecule has 0 heteroatoms. The lowest BCUT2D eigenvalue weighted by molar-refractivity contribution is 0.278. The van der Waals surface area contributed by atoms with Crippen molar-refractivity contribution >= 4 is 0 Å². The minimum absolute atomic E-state index is 1.02. The van der Waals surface area contributed by atoms with Crippen LogP contribution >= 0.6 is 0 Å². The van der Waals surface area contributed by atoms with Gasteiger partial charge in [-0.05, 0) is 62.7 Å². The van der Waals surface area contributed by atoms with Gasteiger partial charge in [-0.3, -0.25) is 0 Å². The van der Waals surface area contributed by atoms with Crippen molar-refractivity contribution in [1.82, 2.24) is 0 Å². The highest BCUT2D eigenvalue weighted by Gasteiger charge is 2.36. The number of fused-ring (bicyclic) bond motifs is 1. The van der Waals surface area contributed by atoms with Crippen molar-refractivity contribution in [2.75, 3.05) is 0 Å². The average molecular weight is 204 g/mol. The van der Waals surface area contributed by atoms with Crippen molar-refractivity contribution in [1.29, 1.82) is 0 Å². The lowest BCUT2D eigenvalue weighted by Crippen LogP contribution is -2.18. The standard InChI is InChI=1S/C15H24/c1-2-6-12(7-3-1)15-11-10-13-8-4-5-9-14(13)15/h9,12-13,15H,1-8,10-11H2. The van der Waals surface area contributed by atoms with Crippen molar-refractivity contribution in [3.63, 3.8) is 0 Å². The van der Waals surface area contributed by atoms with Crippen LogP contribution in [0.25, 0.3) is 0 Å². The van der Waals surface area contributed by atoms with Crippen LogP contribution in [-0.4, -0.2) is 0 Å². The Bertz CT molecular complexity index is 245. The van der Waals surface area contributed by atoms with Gasteiger partial charge in [0.15, 0.2) is 0 Å². The molecule has 15 heavy (non-hydrogen) atoms. The highest BCUT2D eigenvalue weighted by Crippen LogP contribution is 2.48. The van der Waals surface area contributed by atoms with Crippen molar-refractivity contribution in [3.8, 4) is 0 Å². The smallest absolute Gasteiger partial charge is 0.0172 e. The van der Waals surface area contributed by atoms with E-state index >= 15 is 0 Å². The third kappa shape index (κ3) is 1.88. The Balaban J connectivity index is 1.72. The monoisotopic (exact) mass is 204 g/mol. The van der Waals surface area contributed by atoms with E-state index in [0.717, 1.165) is 17.8 Å². The molecule has 3 rings (SSSR count). The first-order valence-corrected chi connectivity index (χ1v) is 7.15. The molecule has 0 saturated heterocycles. The minimum atomic E-state index is 1.02. The van der Waals surface area contributed by atoms with Gasteiger partial charge in [-0.15, -0.1) is 0 Å². The summed E-state index contributed by atoms with van der Waals surface area (Å²) in [6, 6.07) is 0. The Morgan fingerprint density at radius 3 is 2.53 bits per heavy atom. The molecule has 0 amide bonds. The summed E-state index contributed by atoms with van der Waals surface area (Å²) in [5.41, 5.74) is 1.91. The fraction of sp³-hybridized carbons (Fsp3) is 0.867. The second kappa shape index (κ2) is 4.31. The Morgan fingerprint density at radius 1 is 0.800 bits per heavy atom. The van der Waals surface area contributed by atoms with Gasteiger partial charge in [-0.25, -0.2) is 0 Å². The van der Waals surface area contributed by atoms with E-state index in [9.17, 15) is 0 Å². The molecule has 0 N–H and O–H groups in total. The van der Waals surface area contributed by atoms with E-state index in [4.69, 9.17) is 0 Å². The fourth-order valence-corrected chi connectivity index (χ4v) is 4.32. The van der Waals surface area contributed by atoms with Gasteiger partial charge in [0.2, 0.25) is 0 Å². The molecule has 2 unspecified atom stereocenters. The quantitative estimate of drug-likeness (QED) is 0.543. The molecule has 0 aliphatic heterocycles. The SMILES string of the molecule is C1=C2C(CCC1)CCC2C1CCCCC1. The maximum absolute atomic E-state index is 2.63. The van der Waals surface area contributed by atoms with E-state index in [1.807, 2.05) is 5.57 Å². The molecule has 3 aliphatic rings. The molecule has 0 heterocycles. The number of hydrogen-bond acceptors (Lipinski definition) is 0. The summed E-state index contributed by atoms with van der Waals surface area (Å²) in [7, 11) is 0. The molecule has 0 nitrogen and oxygen atoms in total. The minimum Gasteiger partial charge on any atom is -0.0848 e. The maximum Gasteiger partial charge on any atom is -0.0172 e. The Kier molecular flexibility index (Phi) is 2.86. The molecule has 0 bridgehead atoms. The van der Waals surface area contributed by atoms with Gasteiger partial charge in [0.05, 0.1) is 0 Å². The van der Waals surface area contributed by atoms with Gasteiger partial charge in [0.25, 0.3) is 0 Å². The predicted molar refractivity (Wildman–Crippen MR) is 64.7 cm³/mol. The highest BCUT2D eigenvalue weighted by molar-refractivity contribution is 5.19. The topological polar surface area (TPSA) is 0 Å². The zero-order chi connectivity index (χ0) is 10.1. The van der Waals surface area contributed by atoms with Crippen LogP contribution in [0.5, 0.6) is 0 Å². The van der Waals surface area contributed by atoms with Crippen LogP contribution in [-0.2, 0) is 0 Å². The van der Waals surface area contributed by atoms with Crippen molar-refractivity contribution in [2.45, 2.75) is 64.2 Å². The lowest BCUT2D eigenvalue weighted by Gasteiger charge is -2.30. The van der Waals surface area contributed by atoms with Crippen LogP contribution < -0.4 is 0 Å². The Morgan fingerprint density at radius 2 is 1.67 bits per heavy atom. The van der Waals surface area contributed by atoms with E-state index in [1.54, 1.807) is 0 Å². The second-order valence-electron chi connectivity index (χ2n) is 5.91. The Hall–Kier alpha value is -0.260. The summed E-state index contributed by atoms with van der Waals surface area (Å²) in [4.78, 5) is 0. The Labute approximate surface area is 94.1 Å². The van der Waals surface area contributed by atoms with E-state index < -0.39 is 0 Å². The lowest BCUT2D eigenvalue weighted by atomic mass is 9.75. The van der Waals surface area contributed by atoms with Gasteiger partial charge in [-0.1, -0.05) is 30.9 Å². The predicted octanol–water partition coefficient (Wildman–Crippen LogP) is 4.70. The zero-order valence-corrected chi connectivity index (χ0v) is 9.88. The summed E-state index contributed by atoms with van der Waals surface area (Å²) >= 11 is 0. The van der Waals surface area contributed by atoms with E-state index in [1.165, 1.54) is 64.2 Å². The first kappa shape index (κ1) is 9.93. The van der Waals surface area contributed by atoms with Crippen LogP contribution in [0.3, 0.4) is 0 Å². The molecule has 0 aromatic carbocycles. The largest absolute Gasteiger partial charge is 0.0848 e. The summed E-state index contributed by atoms with van der Waals surface area (Å²) in [6.07, 6.45) is 17.6. The van der Waals surface area contributed by atoms with Gasteiger partial charge < -0.3 is 0 Å². The zero-order valence-electron chi connectivity index (χ0n) is 9.88. The van der Waals surface area contributed by atoms with Gasteiger partial charge in [-0.2, -0.15) is 0 Å². The van der Waals surface area contributed by atoms with Crippen molar-refractivity contribution in [3.05, 3.63) is 11.6 Å². The molecular weight excluding hydrogens is 180 g/mol. The molecule has 2 atom stereocenters. The average Bonchev–Trinajstić information content (AvgIpc) is 2.74. The maximum atomic E-state index is 2.63. The fourth-order valence-electron chi connectivity index (χ4n) is 4.32. The van der Waals surface area contributed by atoms with Gasteiger partial charge >= 0.3 is 0 Å². The van der Waals surface area contributed by atoms with Gasteiger partial charge in [0.1, 0.15) is 0 Å². The molecule has 2 fully saturated rings. The molecule has 0 spiro atoms. The van der Waals surface area contributed by atoms with Crippen LogP contribution in [0.15, 0.2) is 11.6 Å². The summed E-state index contributed by atoms with van der Waals surface area (Å²) in [5, 5.41) is 0. The highest BCUT2D eigenvalue weighted by atomic mass is 14.4. The van der Waals surface area contributed by atoms with Crippen molar-refractivity contribution in [2.24, 2.45) is 17.8 Å².